The summed E-state index contributed by atoms with van der Waals surface area (Å²) in [7, 11) is 1.35. The lowest BCUT2D eigenvalue weighted by Crippen LogP contribution is -2.22. The van der Waals surface area contributed by atoms with E-state index in [1.165, 1.54) is 7.11 Å². The molecule has 0 amide bonds. The molecule has 2 rings (SSSR count). The normalized spacial score (nSPS) is 11.6. The van der Waals surface area contributed by atoms with Gasteiger partial charge in [-0.05, 0) is 17.7 Å². The average molecular weight is 257 g/mol. The minimum absolute atomic E-state index is 0.340. The summed E-state index contributed by atoms with van der Waals surface area (Å²) in [6, 6.07) is 12.2. The number of benzene rings is 1. The van der Waals surface area contributed by atoms with Crippen molar-refractivity contribution < 1.29 is 9.53 Å². The number of nitrogens with two attached hydrogens (primary N) is 1. The van der Waals surface area contributed by atoms with Crippen LogP contribution in [0, 0.1) is 0 Å². The van der Waals surface area contributed by atoms with E-state index in [0.29, 0.717) is 11.5 Å². The Morgan fingerprint density at radius 3 is 2.63 bits per heavy atom. The van der Waals surface area contributed by atoms with E-state index in [1.807, 2.05) is 30.3 Å². The van der Waals surface area contributed by atoms with Gasteiger partial charge in [-0.2, -0.15) is 0 Å². The second-order valence-electron chi connectivity index (χ2n) is 3.95. The third-order valence-corrected chi connectivity index (χ3v) is 2.71. The van der Waals surface area contributed by atoms with E-state index in [1.54, 1.807) is 18.3 Å². The standard InChI is InChI=1S/C14H15N3O2/c1-19-14(18)12(10-6-3-2-4-7-10)17-11-8-5-9-16-13(11)15/h2-9,12,17H,1H3,(H2,15,16). The Kier molecular flexibility index (Phi) is 3.97. The van der Waals surface area contributed by atoms with Crippen LogP contribution >= 0.6 is 0 Å². The van der Waals surface area contributed by atoms with Gasteiger partial charge in [0.1, 0.15) is 5.82 Å². The number of ether oxygens (including phenoxy) is 1. The van der Waals surface area contributed by atoms with Crippen LogP contribution < -0.4 is 11.1 Å². The predicted octanol–water partition coefficient (Wildman–Crippen LogP) is 1.99. The van der Waals surface area contributed by atoms with Crippen LogP contribution in [0.4, 0.5) is 11.5 Å². The highest BCUT2D eigenvalue weighted by atomic mass is 16.5. The molecule has 1 aromatic carbocycles. The number of carbonyl (C=O) groups excluding carboxylic acids is 1. The molecule has 19 heavy (non-hydrogen) atoms. The third kappa shape index (κ3) is 3.01. The van der Waals surface area contributed by atoms with E-state index >= 15 is 0 Å². The Hall–Kier alpha value is -2.56. The van der Waals surface area contributed by atoms with Gasteiger partial charge >= 0.3 is 5.97 Å². The van der Waals surface area contributed by atoms with Gasteiger partial charge in [0.2, 0.25) is 0 Å². The Labute approximate surface area is 111 Å². The molecular weight excluding hydrogens is 242 g/mol. The zero-order valence-electron chi connectivity index (χ0n) is 10.5. The molecule has 0 aliphatic rings. The first-order valence-electron chi connectivity index (χ1n) is 5.82. The Morgan fingerprint density at radius 2 is 2.00 bits per heavy atom. The molecular formula is C14H15N3O2. The summed E-state index contributed by atoms with van der Waals surface area (Å²) < 4.78 is 4.82. The van der Waals surface area contributed by atoms with Crippen molar-refractivity contribution in [2.45, 2.75) is 6.04 Å². The number of pyridine rings is 1. The van der Waals surface area contributed by atoms with Gasteiger partial charge < -0.3 is 15.8 Å². The van der Waals surface area contributed by atoms with Gasteiger partial charge in [-0.1, -0.05) is 30.3 Å². The average Bonchev–Trinajstić information content (AvgIpc) is 2.46. The van der Waals surface area contributed by atoms with Gasteiger partial charge in [0.25, 0.3) is 0 Å². The van der Waals surface area contributed by atoms with Crippen molar-refractivity contribution in [3.05, 3.63) is 54.2 Å². The Bertz CT molecular complexity index is 558. The van der Waals surface area contributed by atoms with Crippen LogP contribution in [0.1, 0.15) is 11.6 Å². The van der Waals surface area contributed by atoms with Gasteiger partial charge in [0.15, 0.2) is 6.04 Å². The zero-order valence-corrected chi connectivity index (χ0v) is 10.5. The summed E-state index contributed by atoms with van der Waals surface area (Å²) in [6.45, 7) is 0. The second kappa shape index (κ2) is 5.86. The number of anilines is 2. The first-order valence-corrected chi connectivity index (χ1v) is 5.82. The summed E-state index contributed by atoms with van der Waals surface area (Å²) in [5, 5.41) is 3.05. The molecule has 2 aromatic rings. The third-order valence-electron chi connectivity index (χ3n) is 2.71. The molecule has 1 unspecified atom stereocenters. The molecule has 0 fully saturated rings. The molecule has 0 aliphatic heterocycles. The lowest BCUT2D eigenvalue weighted by molar-refractivity contribution is -0.141. The summed E-state index contributed by atoms with van der Waals surface area (Å²) in [5.41, 5.74) is 7.16. The van der Waals surface area contributed by atoms with Crippen molar-refractivity contribution in [1.29, 1.82) is 0 Å². The number of rotatable bonds is 4. The highest BCUT2D eigenvalue weighted by Gasteiger charge is 2.21. The maximum Gasteiger partial charge on any atom is 0.332 e. The predicted molar refractivity (Wildman–Crippen MR) is 73.5 cm³/mol. The van der Waals surface area contributed by atoms with Gasteiger partial charge in [0, 0.05) is 6.20 Å². The van der Waals surface area contributed by atoms with Gasteiger partial charge in [-0.25, -0.2) is 9.78 Å². The molecule has 0 saturated carbocycles. The molecule has 1 heterocycles. The number of nitrogen functional groups attached to an aromatic ring is 1. The fraction of sp³-hybridized carbons (Fsp3) is 0.143. The van der Waals surface area contributed by atoms with Crippen LogP contribution in [0.2, 0.25) is 0 Å². The number of methoxy groups -OCH3 is 1. The Balaban J connectivity index is 2.30. The lowest BCUT2D eigenvalue weighted by Gasteiger charge is -2.18. The van der Waals surface area contributed by atoms with E-state index in [9.17, 15) is 4.79 Å². The first-order chi connectivity index (χ1) is 9.22. The second-order valence-corrected chi connectivity index (χ2v) is 3.95. The molecule has 5 heteroatoms. The van der Waals surface area contributed by atoms with E-state index < -0.39 is 6.04 Å². The fourth-order valence-electron chi connectivity index (χ4n) is 1.74. The molecule has 0 radical (unpaired) electrons. The first kappa shape index (κ1) is 12.9. The Morgan fingerprint density at radius 1 is 1.26 bits per heavy atom. The molecule has 5 nitrogen and oxygen atoms in total. The molecule has 1 atom stereocenters. The number of nitrogens with one attached hydrogen (secondary N) is 1. The zero-order chi connectivity index (χ0) is 13.7. The van der Waals surface area contributed by atoms with E-state index in [-0.39, 0.29) is 5.97 Å². The number of hydrogen-bond acceptors (Lipinski definition) is 5. The summed E-state index contributed by atoms with van der Waals surface area (Å²) in [6.07, 6.45) is 1.59. The topological polar surface area (TPSA) is 77.2 Å². The highest BCUT2D eigenvalue weighted by molar-refractivity contribution is 5.82. The number of hydrogen-bond donors (Lipinski definition) is 2. The van der Waals surface area contributed by atoms with Crippen molar-refractivity contribution in [3.8, 4) is 0 Å². The van der Waals surface area contributed by atoms with Crippen molar-refractivity contribution >= 4 is 17.5 Å². The van der Waals surface area contributed by atoms with Crippen LogP contribution in [0.25, 0.3) is 0 Å². The van der Waals surface area contributed by atoms with Gasteiger partial charge in [-0.15, -0.1) is 0 Å². The SMILES string of the molecule is COC(=O)C(Nc1cccnc1N)c1ccccc1. The maximum atomic E-state index is 11.9. The molecule has 1 aromatic heterocycles. The quantitative estimate of drug-likeness (QED) is 0.819. The van der Waals surface area contributed by atoms with Crippen LogP contribution in [-0.4, -0.2) is 18.1 Å². The van der Waals surface area contributed by atoms with Crippen molar-refractivity contribution in [3.63, 3.8) is 0 Å². The molecule has 0 spiro atoms. The summed E-state index contributed by atoms with van der Waals surface area (Å²) in [4.78, 5) is 15.9. The maximum absolute atomic E-state index is 11.9. The van der Waals surface area contributed by atoms with E-state index in [0.717, 1.165) is 5.56 Å². The molecule has 0 bridgehead atoms. The minimum Gasteiger partial charge on any atom is -0.467 e. The van der Waals surface area contributed by atoms with E-state index in [2.05, 4.69) is 10.3 Å². The number of esters is 1. The molecule has 3 N–H and O–H groups in total. The monoisotopic (exact) mass is 257 g/mol. The number of aromatic nitrogens is 1. The van der Waals surface area contributed by atoms with Crippen LogP contribution in [0.5, 0.6) is 0 Å². The van der Waals surface area contributed by atoms with Crippen molar-refractivity contribution in [1.82, 2.24) is 4.98 Å². The summed E-state index contributed by atoms with van der Waals surface area (Å²) >= 11 is 0. The van der Waals surface area contributed by atoms with Gasteiger partial charge in [0.05, 0.1) is 12.8 Å². The van der Waals surface area contributed by atoms with Crippen molar-refractivity contribution in [2.24, 2.45) is 0 Å². The van der Waals surface area contributed by atoms with Crippen molar-refractivity contribution in [2.75, 3.05) is 18.2 Å². The van der Waals surface area contributed by atoms with Gasteiger partial charge in [-0.3, -0.25) is 0 Å². The largest absolute Gasteiger partial charge is 0.467 e. The summed E-state index contributed by atoms with van der Waals surface area (Å²) in [5.74, 6) is -0.0400. The lowest BCUT2D eigenvalue weighted by atomic mass is 10.1. The molecule has 0 aliphatic carbocycles. The number of carbonyl (C=O) groups is 1. The number of nitrogens with zero attached hydrogens (tertiary/aromatic N) is 1. The molecule has 0 saturated heterocycles. The van der Waals surface area contributed by atoms with E-state index in [4.69, 9.17) is 10.5 Å². The molecule has 98 valence electrons. The van der Waals surface area contributed by atoms with Crippen LogP contribution in [0.15, 0.2) is 48.7 Å². The van der Waals surface area contributed by atoms with Crippen LogP contribution in [-0.2, 0) is 9.53 Å². The smallest absolute Gasteiger partial charge is 0.332 e. The highest BCUT2D eigenvalue weighted by Crippen LogP contribution is 2.23. The van der Waals surface area contributed by atoms with Crippen LogP contribution in [0.3, 0.4) is 0 Å². The minimum atomic E-state index is -0.613. The fourth-order valence-corrected chi connectivity index (χ4v) is 1.74.